The van der Waals surface area contributed by atoms with Gasteiger partial charge in [0.15, 0.2) is 0 Å². The van der Waals surface area contributed by atoms with Gasteiger partial charge in [0, 0.05) is 17.4 Å². The van der Waals surface area contributed by atoms with E-state index in [-0.39, 0.29) is 16.8 Å². The van der Waals surface area contributed by atoms with E-state index in [1.807, 2.05) is 34.9 Å². The summed E-state index contributed by atoms with van der Waals surface area (Å²) in [5.41, 5.74) is 1.49. The summed E-state index contributed by atoms with van der Waals surface area (Å²) in [4.78, 5) is 24.2. The van der Waals surface area contributed by atoms with Crippen LogP contribution >= 0.6 is 0 Å². The van der Waals surface area contributed by atoms with Gasteiger partial charge < -0.3 is 15.0 Å². The van der Waals surface area contributed by atoms with Crippen LogP contribution in [0.25, 0.3) is 10.9 Å². The third-order valence-electron chi connectivity index (χ3n) is 3.98. The standard InChI is InChI=1S/C20H15N3O3/c1-2-9-23-17-6-4-3-5-14(17)11-18(23)19(24)22-16-8-7-13(12-21)10-15(16)20(25)26/h2-8,10-11H,1,9H2,(H,22,24)(H,25,26). The summed E-state index contributed by atoms with van der Waals surface area (Å²) in [5.74, 6) is -1.65. The van der Waals surface area contributed by atoms with Crippen molar-refractivity contribution in [3.8, 4) is 6.07 Å². The molecule has 0 fully saturated rings. The first-order valence-corrected chi connectivity index (χ1v) is 7.83. The largest absolute Gasteiger partial charge is 0.478 e. The number of aromatic nitrogens is 1. The minimum atomic E-state index is -1.22. The number of aromatic carboxylic acids is 1. The zero-order chi connectivity index (χ0) is 18.7. The number of nitrogens with zero attached hydrogens (tertiary/aromatic N) is 2. The number of carbonyl (C=O) groups excluding carboxylic acids is 1. The minimum absolute atomic E-state index is 0.135. The third-order valence-corrected chi connectivity index (χ3v) is 3.98. The summed E-state index contributed by atoms with van der Waals surface area (Å²) in [5, 5.41) is 21.8. The quantitative estimate of drug-likeness (QED) is 0.690. The lowest BCUT2D eigenvalue weighted by Gasteiger charge is -2.11. The molecule has 3 aromatic rings. The molecule has 0 aliphatic rings. The molecular weight excluding hydrogens is 330 g/mol. The number of carboxylic acid groups (broad SMARTS) is 1. The number of hydrogen-bond acceptors (Lipinski definition) is 3. The van der Waals surface area contributed by atoms with Crippen LogP contribution in [0.3, 0.4) is 0 Å². The Kier molecular flexibility index (Phi) is 4.54. The number of rotatable bonds is 5. The van der Waals surface area contributed by atoms with E-state index in [0.29, 0.717) is 12.2 Å². The Bertz CT molecular complexity index is 1070. The van der Waals surface area contributed by atoms with Gasteiger partial charge in [-0.15, -0.1) is 6.58 Å². The summed E-state index contributed by atoms with van der Waals surface area (Å²) in [6, 6.07) is 15.3. The van der Waals surface area contributed by atoms with Gasteiger partial charge in [0.05, 0.1) is 22.9 Å². The first-order valence-electron chi connectivity index (χ1n) is 7.83. The summed E-state index contributed by atoms with van der Waals surface area (Å²) in [6.07, 6.45) is 1.69. The smallest absolute Gasteiger partial charge is 0.337 e. The van der Waals surface area contributed by atoms with Crippen molar-refractivity contribution in [1.29, 1.82) is 5.26 Å². The number of para-hydroxylation sites is 1. The Balaban J connectivity index is 2.03. The molecule has 2 aromatic carbocycles. The number of nitriles is 1. The molecule has 6 heteroatoms. The van der Waals surface area contributed by atoms with Gasteiger partial charge in [-0.1, -0.05) is 24.3 Å². The molecule has 0 aliphatic carbocycles. The van der Waals surface area contributed by atoms with E-state index in [2.05, 4.69) is 11.9 Å². The molecule has 0 radical (unpaired) electrons. The van der Waals surface area contributed by atoms with Crippen molar-refractivity contribution in [2.24, 2.45) is 0 Å². The van der Waals surface area contributed by atoms with Crippen molar-refractivity contribution < 1.29 is 14.7 Å². The maximum Gasteiger partial charge on any atom is 0.337 e. The third kappa shape index (κ3) is 3.06. The van der Waals surface area contributed by atoms with Crippen molar-refractivity contribution in [2.75, 3.05) is 5.32 Å². The molecule has 1 heterocycles. The molecule has 1 aromatic heterocycles. The zero-order valence-electron chi connectivity index (χ0n) is 13.8. The number of hydrogen-bond donors (Lipinski definition) is 2. The molecule has 0 atom stereocenters. The van der Waals surface area contributed by atoms with Crippen LogP contribution in [0, 0.1) is 11.3 Å². The maximum absolute atomic E-state index is 12.8. The number of carboxylic acids is 1. The van der Waals surface area contributed by atoms with Crippen molar-refractivity contribution in [3.05, 3.63) is 78.0 Å². The second kappa shape index (κ2) is 6.95. The average molecular weight is 345 g/mol. The molecule has 0 spiro atoms. The number of fused-ring (bicyclic) bond motifs is 1. The van der Waals surface area contributed by atoms with Crippen LogP contribution in [0.15, 0.2) is 61.2 Å². The first-order chi connectivity index (χ1) is 12.5. The summed E-state index contributed by atoms with van der Waals surface area (Å²) in [7, 11) is 0. The second-order valence-electron chi connectivity index (χ2n) is 5.62. The topological polar surface area (TPSA) is 95.1 Å². The number of benzene rings is 2. The van der Waals surface area contributed by atoms with Crippen LogP contribution in [0.5, 0.6) is 0 Å². The Morgan fingerprint density at radius 1 is 1.23 bits per heavy atom. The van der Waals surface area contributed by atoms with Gasteiger partial charge in [0.25, 0.3) is 5.91 Å². The van der Waals surface area contributed by atoms with Gasteiger partial charge in [-0.2, -0.15) is 5.26 Å². The number of nitrogens with one attached hydrogen (secondary N) is 1. The predicted octanol–water partition coefficient (Wildman–Crippen LogP) is 3.65. The fourth-order valence-corrected chi connectivity index (χ4v) is 2.81. The van der Waals surface area contributed by atoms with Gasteiger partial charge in [-0.25, -0.2) is 4.79 Å². The molecule has 2 N–H and O–H groups in total. The van der Waals surface area contributed by atoms with Crippen molar-refractivity contribution in [1.82, 2.24) is 4.57 Å². The second-order valence-corrected chi connectivity index (χ2v) is 5.62. The number of amides is 1. The summed E-state index contributed by atoms with van der Waals surface area (Å²) in [6.45, 7) is 4.16. The maximum atomic E-state index is 12.8. The molecule has 0 saturated heterocycles. The molecule has 0 saturated carbocycles. The molecule has 0 aliphatic heterocycles. The molecule has 1 amide bonds. The van der Waals surface area contributed by atoms with E-state index in [4.69, 9.17) is 5.26 Å². The fraction of sp³-hybridized carbons (Fsp3) is 0.0500. The van der Waals surface area contributed by atoms with E-state index in [1.165, 1.54) is 18.2 Å². The highest BCUT2D eigenvalue weighted by atomic mass is 16.4. The molecular formula is C20H15N3O3. The van der Waals surface area contributed by atoms with Gasteiger partial charge >= 0.3 is 5.97 Å². The lowest BCUT2D eigenvalue weighted by atomic mass is 10.1. The summed E-state index contributed by atoms with van der Waals surface area (Å²) < 4.78 is 1.81. The normalized spacial score (nSPS) is 10.3. The average Bonchev–Trinajstić information content (AvgIpc) is 3.01. The monoisotopic (exact) mass is 345 g/mol. The number of carbonyl (C=O) groups is 2. The number of allylic oxidation sites excluding steroid dienone is 1. The SMILES string of the molecule is C=CCn1c(C(=O)Nc2ccc(C#N)cc2C(=O)O)cc2ccccc21. The van der Waals surface area contributed by atoms with Crippen LogP contribution in [-0.2, 0) is 6.54 Å². The lowest BCUT2D eigenvalue weighted by molar-refractivity contribution is 0.0698. The van der Waals surface area contributed by atoms with E-state index in [0.717, 1.165) is 10.9 Å². The van der Waals surface area contributed by atoms with Crippen LogP contribution < -0.4 is 5.32 Å². The Morgan fingerprint density at radius 2 is 2.00 bits per heavy atom. The van der Waals surface area contributed by atoms with Crippen LogP contribution in [-0.4, -0.2) is 21.6 Å². The van der Waals surface area contributed by atoms with E-state index in [1.54, 1.807) is 12.1 Å². The van der Waals surface area contributed by atoms with Crippen LogP contribution in [0.2, 0.25) is 0 Å². The molecule has 0 bridgehead atoms. The highest BCUT2D eigenvalue weighted by Gasteiger charge is 2.18. The van der Waals surface area contributed by atoms with Gasteiger partial charge in [-0.3, -0.25) is 4.79 Å². The molecule has 128 valence electrons. The minimum Gasteiger partial charge on any atom is -0.478 e. The van der Waals surface area contributed by atoms with Crippen LogP contribution in [0.1, 0.15) is 26.4 Å². The van der Waals surface area contributed by atoms with Gasteiger partial charge in [0.1, 0.15) is 5.69 Å². The highest BCUT2D eigenvalue weighted by Crippen LogP contribution is 2.23. The molecule has 6 nitrogen and oxygen atoms in total. The highest BCUT2D eigenvalue weighted by molar-refractivity contribution is 6.09. The van der Waals surface area contributed by atoms with Crippen molar-refractivity contribution in [3.63, 3.8) is 0 Å². The van der Waals surface area contributed by atoms with Gasteiger partial charge in [0.2, 0.25) is 0 Å². The molecule has 3 rings (SSSR count). The van der Waals surface area contributed by atoms with E-state index in [9.17, 15) is 14.7 Å². The Labute approximate surface area is 149 Å². The Morgan fingerprint density at radius 3 is 2.69 bits per heavy atom. The first kappa shape index (κ1) is 17.0. The van der Waals surface area contributed by atoms with Crippen molar-refractivity contribution >= 4 is 28.5 Å². The van der Waals surface area contributed by atoms with E-state index >= 15 is 0 Å². The lowest BCUT2D eigenvalue weighted by Crippen LogP contribution is -2.18. The fourth-order valence-electron chi connectivity index (χ4n) is 2.81. The molecule has 26 heavy (non-hydrogen) atoms. The number of anilines is 1. The predicted molar refractivity (Wildman–Crippen MR) is 98.2 cm³/mol. The molecule has 0 unspecified atom stereocenters. The Hall–Kier alpha value is -3.85. The summed E-state index contributed by atoms with van der Waals surface area (Å²) >= 11 is 0. The van der Waals surface area contributed by atoms with Gasteiger partial charge in [-0.05, 0) is 30.3 Å². The zero-order valence-corrected chi connectivity index (χ0v) is 13.8. The van der Waals surface area contributed by atoms with Crippen molar-refractivity contribution in [2.45, 2.75) is 6.54 Å². The van der Waals surface area contributed by atoms with Crippen LogP contribution in [0.4, 0.5) is 5.69 Å². The van der Waals surface area contributed by atoms with E-state index < -0.39 is 11.9 Å².